The van der Waals surface area contributed by atoms with Crippen LogP contribution in [0.4, 0.5) is 0 Å². The van der Waals surface area contributed by atoms with Crippen molar-refractivity contribution in [2.24, 2.45) is 10.7 Å². The van der Waals surface area contributed by atoms with Crippen LogP contribution in [0.15, 0.2) is 48.0 Å². The Morgan fingerprint density at radius 2 is 1.93 bits per heavy atom. The number of hydrogen-bond acceptors (Lipinski definition) is 8. The SMILES string of the molecule is C=C(NC1c2c(OC)cccc2OCC1(C)O)c1ccc(OCC)c(CN2C(=O)CC(CC)(CC)N=C2N)c1.CC. The third-order valence-electron chi connectivity index (χ3n) is 7.76. The van der Waals surface area contributed by atoms with Crippen molar-refractivity contribution in [1.82, 2.24) is 10.2 Å². The van der Waals surface area contributed by atoms with E-state index in [-0.39, 0.29) is 25.0 Å². The van der Waals surface area contributed by atoms with Gasteiger partial charge in [-0.25, -0.2) is 4.99 Å². The van der Waals surface area contributed by atoms with E-state index in [0.29, 0.717) is 36.0 Å². The lowest BCUT2D eigenvalue weighted by molar-refractivity contribution is -0.130. The fraction of sp³-hybridized carbons (Fsp3) is 0.500. The first-order chi connectivity index (χ1) is 19.6. The number of nitrogens with one attached hydrogen (secondary N) is 1. The van der Waals surface area contributed by atoms with E-state index in [1.54, 1.807) is 14.0 Å². The molecule has 2 aromatic carbocycles. The topological polar surface area (TPSA) is 119 Å². The van der Waals surface area contributed by atoms with Crippen molar-refractivity contribution in [3.05, 3.63) is 59.7 Å². The van der Waals surface area contributed by atoms with Crippen LogP contribution in [0.3, 0.4) is 0 Å². The second kappa shape index (κ2) is 13.3. The molecule has 0 saturated carbocycles. The summed E-state index contributed by atoms with van der Waals surface area (Å²) in [5.41, 5.74) is 7.52. The van der Waals surface area contributed by atoms with Crippen molar-refractivity contribution in [1.29, 1.82) is 0 Å². The number of hydrogen-bond donors (Lipinski definition) is 3. The van der Waals surface area contributed by atoms with Gasteiger partial charge in [0.05, 0.1) is 43.8 Å². The third kappa shape index (κ3) is 6.62. The molecule has 1 amide bonds. The van der Waals surface area contributed by atoms with E-state index in [1.165, 1.54) is 4.90 Å². The van der Waals surface area contributed by atoms with E-state index in [4.69, 9.17) is 24.9 Å². The molecular weight excluding hydrogens is 520 g/mol. The van der Waals surface area contributed by atoms with Gasteiger partial charge in [-0.3, -0.25) is 9.69 Å². The Balaban J connectivity index is 0.00000226. The summed E-state index contributed by atoms with van der Waals surface area (Å²) in [5.74, 6) is 2.08. The van der Waals surface area contributed by atoms with E-state index < -0.39 is 17.2 Å². The number of ether oxygens (including phenoxy) is 3. The van der Waals surface area contributed by atoms with Crippen LogP contribution in [-0.4, -0.2) is 53.3 Å². The maximum absolute atomic E-state index is 13.2. The molecule has 2 aliphatic heterocycles. The molecule has 224 valence electrons. The highest BCUT2D eigenvalue weighted by molar-refractivity contribution is 5.99. The normalized spacial score (nSPS) is 21.0. The van der Waals surface area contributed by atoms with Crippen molar-refractivity contribution in [2.45, 2.75) is 84.5 Å². The Bertz CT molecular complexity index is 1250. The van der Waals surface area contributed by atoms with Gasteiger partial charge in [-0.05, 0) is 62.6 Å². The molecular formula is C32H46N4O5. The number of nitrogens with zero attached hydrogens (tertiary/aromatic N) is 2. The van der Waals surface area contributed by atoms with Gasteiger partial charge in [0.1, 0.15) is 29.5 Å². The number of carbonyl (C=O) groups is 1. The minimum Gasteiger partial charge on any atom is -0.496 e. The van der Waals surface area contributed by atoms with Gasteiger partial charge < -0.3 is 30.4 Å². The number of aliphatic imine (C=N–C) groups is 1. The fourth-order valence-electron chi connectivity index (χ4n) is 5.25. The molecule has 2 aromatic rings. The van der Waals surface area contributed by atoms with Gasteiger partial charge >= 0.3 is 0 Å². The average Bonchev–Trinajstić information content (AvgIpc) is 2.97. The van der Waals surface area contributed by atoms with Gasteiger partial charge in [0.2, 0.25) is 5.91 Å². The van der Waals surface area contributed by atoms with Gasteiger partial charge in [-0.1, -0.05) is 40.3 Å². The van der Waals surface area contributed by atoms with Crippen LogP contribution in [-0.2, 0) is 11.3 Å². The summed E-state index contributed by atoms with van der Waals surface area (Å²) >= 11 is 0. The van der Waals surface area contributed by atoms with Gasteiger partial charge in [-0.2, -0.15) is 0 Å². The molecule has 9 heteroatoms. The smallest absolute Gasteiger partial charge is 0.232 e. The van der Waals surface area contributed by atoms with Gasteiger partial charge in [0.25, 0.3) is 0 Å². The molecule has 2 heterocycles. The highest BCUT2D eigenvalue weighted by Crippen LogP contribution is 2.44. The molecule has 9 nitrogen and oxygen atoms in total. The van der Waals surface area contributed by atoms with Gasteiger partial charge in [0, 0.05) is 11.3 Å². The fourth-order valence-corrected chi connectivity index (χ4v) is 5.25. The number of benzene rings is 2. The van der Waals surface area contributed by atoms with Crippen LogP contribution in [0.2, 0.25) is 0 Å². The summed E-state index contributed by atoms with van der Waals surface area (Å²) in [6, 6.07) is 10.7. The highest BCUT2D eigenvalue weighted by Gasteiger charge is 2.42. The number of aliphatic hydroxyl groups is 1. The Morgan fingerprint density at radius 1 is 1.22 bits per heavy atom. The predicted molar refractivity (Wildman–Crippen MR) is 163 cm³/mol. The zero-order chi connectivity index (χ0) is 30.4. The van der Waals surface area contributed by atoms with E-state index in [1.807, 2.05) is 71.0 Å². The summed E-state index contributed by atoms with van der Waals surface area (Å²) in [4.78, 5) is 19.4. The van der Waals surface area contributed by atoms with Crippen molar-refractivity contribution in [2.75, 3.05) is 20.3 Å². The van der Waals surface area contributed by atoms with Crippen LogP contribution in [0, 0.1) is 0 Å². The molecule has 0 fully saturated rings. The second-order valence-electron chi connectivity index (χ2n) is 10.4. The Kier molecular flexibility index (Phi) is 10.3. The molecule has 0 spiro atoms. The number of nitrogens with two attached hydrogens (primary N) is 1. The summed E-state index contributed by atoms with van der Waals surface area (Å²) in [7, 11) is 1.59. The van der Waals surface area contributed by atoms with Crippen molar-refractivity contribution < 1.29 is 24.1 Å². The Labute approximate surface area is 244 Å². The van der Waals surface area contributed by atoms with Crippen molar-refractivity contribution >= 4 is 17.6 Å². The van der Waals surface area contributed by atoms with Crippen LogP contribution in [0.5, 0.6) is 17.2 Å². The Morgan fingerprint density at radius 3 is 2.54 bits per heavy atom. The zero-order valence-corrected chi connectivity index (χ0v) is 25.5. The summed E-state index contributed by atoms with van der Waals surface area (Å²) in [5, 5.41) is 14.7. The third-order valence-corrected chi connectivity index (χ3v) is 7.76. The molecule has 0 aromatic heterocycles. The average molecular weight is 567 g/mol. The molecule has 0 bridgehead atoms. The molecule has 0 radical (unpaired) electrons. The molecule has 0 aliphatic carbocycles. The summed E-state index contributed by atoms with van der Waals surface area (Å²) < 4.78 is 17.3. The predicted octanol–water partition coefficient (Wildman–Crippen LogP) is 5.17. The van der Waals surface area contributed by atoms with E-state index in [9.17, 15) is 9.90 Å². The first-order valence-electron chi connectivity index (χ1n) is 14.5. The number of rotatable bonds is 10. The standard InChI is InChI=1S/C30H40N4O5.C2H6/c1-7-30(8-2)16-25(35)34(28(31)33-30)17-21-15-20(13-14-22(21)38-9-3)19(4)32-27-26-23(37-6)11-10-12-24(26)39-18-29(27,5)36;1-2/h10-15,27,32,36H,4,7-9,16-18H2,1-3,5-6H3,(H2,31,33);1-2H3. The van der Waals surface area contributed by atoms with E-state index in [2.05, 4.69) is 11.9 Å². The first-order valence-corrected chi connectivity index (χ1v) is 14.5. The number of guanidine groups is 1. The lowest BCUT2D eigenvalue weighted by atomic mass is 9.86. The second-order valence-corrected chi connectivity index (χ2v) is 10.4. The molecule has 4 rings (SSSR count). The molecule has 4 N–H and O–H groups in total. The first kappa shape index (κ1) is 31.8. The van der Waals surface area contributed by atoms with Crippen molar-refractivity contribution in [3.63, 3.8) is 0 Å². The summed E-state index contributed by atoms with van der Waals surface area (Å²) in [6.07, 6.45) is 1.82. The zero-order valence-electron chi connectivity index (χ0n) is 25.5. The summed E-state index contributed by atoms with van der Waals surface area (Å²) in [6.45, 7) is 16.8. The lowest BCUT2D eigenvalue weighted by Crippen LogP contribution is -2.50. The lowest BCUT2D eigenvalue weighted by Gasteiger charge is -2.40. The number of carbonyl (C=O) groups excluding carboxylic acids is 1. The van der Waals surface area contributed by atoms with Crippen molar-refractivity contribution in [3.8, 4) is 17.2 Å². The molecule has 2 atom stereocenters. The van der Waals surface area contributed by atoms with Gasteiger partial charge in [-0.15, -0.1) is 0 Å². The van der Waals surface area contributed by atoms with Crippen LogP contribution < -0.4 is 25.3 Å². The number of fused-ring (bicyclic) bond motifs is 1. The number of methoxy groups -OCH3 is 1. The maximum atomic E-state index is 13.2. The van der Waals surface area contributed by atoms with Crippen LogP contribution in [0.1, 0.15) is 83.5 Å². The quantitative estimate of drug-likeness (QED) is 0.363. The minimum absolute atomic E-state index is 0.0574. The van der Waals surface area contributed by atoms with E-state index >= 15 is 0 Å². The van der Waals surface area contributed by atoms with Gasteiger partial charge in [0.15, 0.2) is 5.96 Å². The minimum atomic E-state index is -1.23. The highest BCUT2D eigenvalue weighted by atomic mass is 16.5. The Hall–Kier alpha value is -3.72. The molecule has 2 unspecified atom stereocenters. The monoisotopic (exact) mass is 566 g/mol. The number of amides is 1. The van der Waals surface area contributed by atoms with E-state index in [0.717, 1.165) is 29.5 Å². The van der Waals surface area contributed by atoms with Crippen LogP contribution in [0.25, 0.3) is 5.70 Å². The van der Waals surface area contributed by atoms with Crippen LogP contribution >= 0.6 is 0 Å². The molecule has 0 saturated heterocycles. The molecule has 41 heavy (non-hydrogen) atoms. The largest absolute Gasteiger partial charge is 0.496 e. The molecule has 2 aliphatic rings. The maximum Gasteiger partial charge on any atom is 0.232 e.